The summed E-state index contributed by atoms with van der Waals surface area (Å²) in [5, 5.41) is 0. The molecule has 1 aromatic carbocycles. The van der Waals surface area contributed by atoms with Crippen molar-refractivity contribution in [3.63, 3.8) is 0 Å². The van der Waals surface area contributed by atoms with Gasteiger partial charge in [-0.15, -0.1) is 11.3 Å². The van der Waals surface area contributed by atoms with Gasteiger partial charge in [0, 0.05) is 0 Å². The van der Waals surface area contributed by atoms with Crippen molar-refractivity contribution in [2.24, 2.45) is 0 Å². The lowest BCUT2D eigenvalue weighted by Gasteiger charge is -2.11. The molecule has 11 heteroatoms. The quantitative estimate of drug-likeness (QED) is 0.601. The number of sulfonamides is 1. The molecule has 2 amide bonds. The van der Waals surface area contributed by atoms with Gasteiger partial charge in [-0.05, 0) is 24.3 Å². The fraction of sp³-hybridized carbons (Fsp3) is 0. The van der Waals surface area contributed by atoms with Crippen LogP contribution in [0, 0.1) is 0 Å². The minimum atomic E-state index is -3.96. The van der Waals surface area contributed by atoms with Crippen molar-refractivity contribution in [2.45, 2.75) is 4.21 Å². The standard InChI is InChI=1S/C16H8ClN4O4S2/c17-12-5-6-13(26-12)27(24,25)20-9-7-18-16(19-8-9)21-14(22)10-3-1-2-4-11(10)15(21)23/h1-8H. The maximum Gasteiger partial charge on any atom is 0.292 e. The zero-order chi connectivity index (χ0) is 19.2. The second-order valence-corrected chi connectivity index (χ2v) is 8.90. The average molecular weight is 420 g/mol. The van der Waals surface area contributed by atoms with Gasteiger partial charge < -0.3 is 0 Å². The van der Waals surface area contributed by atoms with Crippen molar-refractivity contribution < 1.29 is 18.0 Å². The van der Waals surface area contributed by atoms with E-state index in [1.165, 1.54) is 24.3 Å². The van der Waals surface area contributed by atoms with Crippen LogP contribution >= 0.6 is 22.9 Å². The number of aromatic nitrogens is 2. The Labute approximate surface area is 162 Å². The molecule has 3 heterocycles. The van der Waals surface area contributed by atoms with Gasteiger partial charge >= 0.3 is 0 Å². The zero-order valence-corrected chi connectivity index (χ0v) is 15.6. The Morgan fingerprint density at radius 3 is 2.07 bits per heavy atom. The molecule has 8 nitrogen and oxygen atoms in total. The molecule has 1 aliphatic rings. The molecule has 0 fully saturated rings. The molecular formula is C16H8ClN4O4S2. The molecule has 0 spiro atoms. The van der Waals surface area contributed by atoms with Gasteiger partial charge in [-0.25, -0.2) is 14.9 Å². The van der Waals surface area contributed by atoms with Crippen LogP contribution in [0.3, 0.4) is 0 Å². The second-order valence-electron chi connectivity index (χ2n) is 5.36. The van der Waals surface area contributed by atoms with E-state index in [1.807, 2.05) is 0 Å². The number of fused-ring (bicyclic) bond motifs is 1. The number of carbonyl (C=O) groups is 2. The average Bonchev–Trinajstić information content (AvgIpc) is 3.19. The molecule has 0 bridgehead atoms. The van der Waals surface area contributed by atoms with E-state index < -0.39 is 21.8 Å². The van der Waals surface area contributed by atoms with Gasteiger partial charge in [0.05, 0.1) is 27.9 Å². The summed E-state index contributed by atoms with van der Waals surface area (Å²) >= 11 is 6.62. The Balaban J connectivity index is 1.59. The van der Waals surface area contributed by atoms with Gasteiger partial charge in [-0.2, -0.15) is 13.1 Å². The van der Waals surface area contributed by atoms with Gasteiger partial charge in [-0.3, -0.25) is 9.59 Å². The minimum absolute atomic E-state index is 0.0167. The Kier molecular flexibility index (Phi) is 4.17. The lowest BCUT2D eigenvalue weighted by molar-refractivity contribution is 0.0924. The molecule has 0 N–H and O–H groups in total. The number of amides is 2. The molecule has 27 heavy (non-hydrogen) atoms. The molecule has 4 rings (SSSR count). The minimum Gasteiger partial charge on any atom is -0.268 e. The zero-order valence-electron chi connectivity index (χ0n) is 13.2. The van der Waals surface area contributed by atoms with Crippen LogP contribution in [0.2, 0.25) is 4.34 Å². The van der Waals surface area contributed by atoms with Gasteiger partial charge in [0.2, 0.25) is 5.95 Å². The number of nitrogens with zero attached hydrogens (tertiary/aromatic N) is 4. The number of thiophene rings is 1. The Morgan fingerprint density at radius 1 is 0.963 bits per heavy atom. The molecule has 0 saturated carbocycles. The number of rotatable bonds is 4. The molecule has 135 valence electrons. The highest BCUT2D eigenvalue weighted by Crippen LogP contribution is 2.28. The van der Waals surface area contributed by atoms with Crippen LogP contribution in [0.5, 0.6) is 0 Å². The van der Waals surface area contributed by atoms with E-state index in [-0.39, 0.29) is 27.0 Å². The van der Waals surface area contributed by atoms with Crippen molar-refractivity contribution in [1.82, 2.24) is 14.7 Å². The molecule has 1 radical (unpaired) electrons. The highest BCUT2D eigenvalue weighted by molar-refractivity contribution is 7.91. The first-order chi connectivity index (χ1) is 12.9. The Bertz CT molecular complexity index is 1140. The predicted octanol–water partition coefficient (Wildman–Crippen LogP) is 2.62. The third-order valence-electron chi connectivity index (χ3n) is 3.65. The molecule has 3 aromatic rings. The number of hydrogen-bond donors (Lipinski definition) is 0. The number of hydrogen-bond acceptors (Lipinski definition) is 7. The number of carbonyl (C=O) groups excluding carboxylic acids is 2. The third kappa shape index (κ3) is 3.07. The molecule has 0 aliphatic carbocycles. The lowest BCUT2D eigenvalue weighted by atomic mass is 10.1. The first-order valence-electron chi connectivity index (χ1n) is 7.40. The van der Waals surface area contributed by atoms with Crippen molar-refractivity contribution in [2.75, 3.05) is 4.90 Å². The normalized spacial score (nSPS) is 13.7. The van der Waals surface area contributed by atoms with E-state index in [0.717, 1.165) is 28.6 Å². The van der Waals surface area contributed by atoms with Crippen LogP contribution in [-0.2, 0) is 10.0 Å². The highest BCUT2D eigenvalue weighted by atomic mass is 35.5. The third-order valence-corrected chi connectivity index (χ3v) is 6.65. The molecule has 0 saturated heterocycles. The molecule has 0 unspecified atom stereocenters. The summed E-state index contributed by atoms with van der Waals surface area (Å²) in [4.78, 5) is 33.5. The van der Waals surface area contributed by atoms with Gasteiger partial charge in [0.1, 0.15) is 9.90 Å². The maximum atomic E-state index is 12.4. The van der Waals surface area contributed by atoms with Crippen LogP contribution in [0.15, 0.2) is 53.0 Å². The Hall–Kier alpha value is -2.82. The molecule has 0 atom stereocenters. The SMILES string of the molecule is O=C1c2ccccc2C(=O)N1c1ncc([N]S(=O)(=O)c2ccc(Cl)s2)cn1. The summed E-state index contributed by atoms with van der Waals surface area (Å²) in [6.07, 6.45) is 2.25. The summed E-state index contributed by atoms with van der Waals surface area (Å²) in [5.41, 5.74) is 0.480. The van der Waals surface area contributed by atoms with Crippen LogP contribution in [0.25, 0.3) is 0 Å². The molecule has 2 aromatic heterocycles. The monoisotopic (exact) mass is 419 g/mol. The Morgan fingerprint density at radius 2 is 1.56 bits per heavy atom. The summed E-state index contributed by atoms with van der Waals surface area (Å²) < 4.78 is 28.4. The number of imide groups is 1. The number of anilines is 1. The summed E-state index contributed by atoms with van der Waals surface area (Å²) in [6.45, 7) is 0. The summed E-state index contributed by atoms with van der Waals surface area (Å²) in [7, 11) is -3.96. The fourth-order valence-electron chi connectivity index (χ4n) is 2.47. The summed E-state index contributed by atoms with van der Waals surface area (Å²) in [6, 6.07) is 9.18. The number of benzene rings is 1. The van der Waals surface area contributed by atoms with Crippen molar-refractivity contribution in [3.8, 4) is 0 Å². The first kappa shape index (κ1) is 17.6. The highest BCUT2D eigenvalue weighted by Gasteiger charge is 2.38. The van der Waals surface area contributed by atoms with E-state index in [9.17, 15) is 18.0 Å². The fourth-order valence-corrected chi connectivity index (χ4v) is 4.89. The van der Waals surface area contributed by atoms with Crippen LogP contribution < -0.4 is 9.62 Å². The largest absolute Gasteiger partial charge is 0.292 e. The van der Waals surface area contributed by atoms with Crippen LogP contribution in [0.1, 0.15) is 20.7 Å². The van der Waals surface area contributed by atoms with E-state index in [1.54, 1.807) is 12.1 Å². The lowest BCUT2D eigenvalue weighted by Crippen LogP contribution is -2.31. The predicted molar refractivity (Wildman–Crippen MR) is 97.9 cm³/mol. The van der Waals surface area contributed by atoms with E-state index in [0.29, 0.717) is 4.34 Å². The van der Waals surface area contributed by atoms with Gasteiger partial charge in [-0.1, -0.05) is 23.7 Å². The van der Waals surface area contributed by atoms with Gasteiger partial charge in [0.25, 0.3) is 21.8 Å². The molecular weight excluding hydrogens is 412 g/mol. The van der Waals surface area contributed by atoms with E-state index in [2.05, 4.69) is 14.7 Å². The van der Waals surface area contributed by atoms with E-state index >= 15 is 0 Å². The van der Waals surface area contributed by atoms with Crippen molar-refractivity contribution >= 4 is 56.4 Å². The summed E-state index contributed by atoms with van der Waals surface area (Å²) in [5.74, 6) is -1.24. The van der Waals surface area contributed by atoms with Crippen LogP contribution in [0.4, 0.5) is 11.6 Å². The van der Waals surface area contributed by atoms with Gasteiger partial charge in [0.15, 0.2) is 0 Å². The van der Waals surface area contributed by atoms with Crippen molar-refractivity contribution in [1.29, 1.82) is 0 Å². The second kappa shape index (κ2) is 6.41. The first-order valence-corrected chi connectivity index (χ1v) is 10.0. The molecule has 1 aliphatic heterocycles. The topological polar surface area (TPSA) is 111 Å². The number of halogens is 1. The van der Waals surface area contributed by atoms with Crippen molar-refractivity contribution in [3.05, 3.63) is 64.3 Å². The smallest absolute Gasteiger partial charge is 0.268 e. The maximum absolute atomic E-state index is 12.4. The van der Waals surface area contributed by atoms with Crippen LogP contribution in [-0.4, -0.2) is 30.2 Å². The van der Waals surface area contributed by atoms with E-state index in [4.69, 9.17) is 11.6 Å².